The predicted octanol–water partition coefficient (Wildman–Crippen LogP) is 3.25. The number of hydrogen-bond acceptors (Lipinski definition) is 2. The van der Waals surface area contributed by atoms with Gasteiger partial charge in [0, 0.05) is 31.7 Å². The van der Waals surface area contributed by atoms with E-state index in [1.165, 1.54) is 37.1 Å². The third-order valence-electron chi connectivity index (χ3n) is 4.83. The molecule has 0 aromatic heterocycles. The fourth-order valence-corrected chi connectivity index (χ4v) is 3.07. The van der Waals surface area contributed by atoms with Crippen LogP contribution in [-0.2, 0) is 6.42 Å². The van der Waals surface area contributed by atoms with Gasteiger partial charge in [0.2, 0.25) is 0 Å². The Morgan fingerprint density at radius 2 is 2.20 bits per heavy atom. The van der Waals surface area contributed by atoms with Gasteiger partial charge in [-0.1, -0.05) is 50.1 Å². The van der Waals surface area contributed by atoms with Crippen LogP contribution < -0.4 is 5.32 Å². The Kier molecular flexibility index (Phi) is 5.62. The van der Waals surface area contributed by atoms with Crippen LogP contribution in [-0.4, -0.2) is 36.6 Å². The van der Waals surface area contributed by atoms with Crippen LogP contribution in [0.5, 0.6) is 0 Å². The van der Waals surface area contributed by atoms with Crippen molar-refractivity contribution in [3.8, 4) is 0 Å². The van der Waals surface area contributed by atoms with Crippen LogP contribution in [0, 0.1) is 12.8 Å². The highest BCUT2D eigenvalue weighted by Crippen LogP contribution is 2.16. The minimum atomic E-state index is 0.653. The van der Waals surface area contributed by atoms with Gasteiger partial charge in [0.05, 0.1) is 0 Å². The van der Waals surface area contributed by atoms with E-state index in [0.29, 0.717) is 12.1 Å². The van der Waals surface area contributed by atoms with Crippen molar-refractivity contribution in [1.29, 1.82) is 0 Å². The van der Waals surface area contributed by atoms with Crippen LogP contribution in [0.3, 0.4) is 0 Å². The van der Waals surface area contributed by atoms with Crippen molar-refractivity contribution in [2.45, 2.75) is 52.6 Å². The average Bonchev–Trinajstić information content (AvgIpc) is 2.45. The van der Waals surface area contributed by atoms with E-state index in [1.807, 2.05) is 0 Å². The van der Waals surface area contributed by atoms with Crippen molar-refractivity contribution < 1.29 is 0 Å². The number of hydrogen-bond donors (Lipinski definition) is 1. The first kappa shape index (κ1) is 15.5. The summed E-state index contributed by atoms with van der Waals surface area (Å²) < 4.78 is 0. The summed E-state index contributed by atoms with van der Waals surface area (Å²) >= 11 is 0. The van der Waals surface area contributed by atoms with Crippen LogP contribution in [0.2, 0.25) is 0 Å². The van der Waals surface area contributed by atoms with E-state index < -0.39 is 0 Å². The molecule has 2 heteroatoms. The number of piperazine rings is 1. The molecular formula is C18H30N2. The molecule has 0 radical (unpaired) electrons. The van der Waals surface area contributed by atoms with Gasteiger partial charge in [0.15, 0.2) is 0 Å². The normalized spacial score (nSPS) is 25.6. The summed E-state index contributed by atoms with van der Waals surface area (Å²) in [5, 5.41) is 3.72. The summed E-state index contributed by atoms with van der Waals surface area (Å²) in [4.78, 5) is 2.66. The lowest BCUT2D eigenvalue weighted by atomic mass is 9.95. The number of benzene rings is 1. The Hall–Kier alpha value is -0.860. The molecule has 1 aliphatic rings. The van der Waals surface area contributed by atoms with Crippen molar-refractivity contribution in [1.82, 2.24) is 10.2 Å². The van der Waals surface area contributed by atoms with Crippen LogP contribution in [0.15, 0.2) is 24.3 Å². The number of nitrogens with zero attached hydrogens (tertiary/aromatic N) is 1. The second-order valence-corrected chi connectivity index (χ2v) is 6.48. The maximum absolute atomic E-state index is 3.72. The molecule has 0 spiro atoms. The molecule has 2 nitrogen and oxygen atoms in total. The third-order valence-corrected chi connectivity index (χ3v) is 4.83. The van der Waals surface area contributed by atoms with Gasteiger partial charge in [0.1, 0.15) is 0 Å². The molecule has 0 bridgehead atoms. The summed E-state index contributed by atoms with van der Waals surface area (Å²) in [6.07, 6.45) is 2.43. The van der Waals surface area contributed by atoms with E-state index in [2.05, 4.69) is 62.2 Å². The fraction of sp³-hybridized carbons (Fsp3) is 0.667. The predicted molar refractivity (Wildman–Crippen MR) is 87.2 cm³/mol. The topological polar surface area (TPSA) is 15.3 Å². The van der Waals surface area contributed by atoms with Crippen LogP contribution in [0.1, 0.15) is 38.3 Å². The average molecular weight is 274 g/mol. The molecule has 1 aromatic rings. The van der Waals surface area contributed by atoms with Crippen molar-refractivity contribution in [2.24, 2.45) is 5.92 Å². The zero-order valence-electron chi connectivity index (χ0n) is 13.5. The molecule has 1 aromatic carbocycles. The molecule has 0 aliphatic carbocycles. The monoisotopic (exact) mass is 274 g/mol. The Morgan fingerprint density at radius 3 is 2.90 bits per heavy atom. The van der Waals surface area contributed by atoms with E-state index >= 15 is 0 Å². The first-order chi connectivity index (χ1) is 9.60. The van der Waals surface area contributed by atoms with Crippen LogP contribution in [0.4, 0.5) is 0 Å². The second kappa shape index (κ2) is 7.24. The first-order valence-corrected chi connectivity index (χ1v) is 8.13. The zero-order chi connectivity index (χ0) is 14.5. The number of aryl methyl sites for hydroxylation is 1. The standard InChI is InChI=1S/C18H30N2/c1-5-15(3)18-13-20(16(4)12-19-18)10-9-17-8-6-7-14(2)11-17/h6-8,11,15-16,18-19H,5,9-10,12-13H2,1-4H3. The summed E-state index contributed by atoms with van der Waals surface area (Å²) in [7, 11) is 0. The third kappa shape index (κ3) is 4.07. The van der Waals surface area contributed by atoms with Gasteiger partial charge in [-0.25, -0.2) is 0 Å². The highest BCUT2D eigenvalue weighted by molar-refractivity contribution is 5.22. The fourth-order valence-electron chi connectivity index (χ4n) is 3.07. The number of nitrogens with one attached hydrogen (secondary N) is 1. The summed E-state index contributed by atoms with van der Waals surface area (Å²) in [5.41, 5.74) is 2.84. The van der Waals surface area contributed by atoms with Gasteiger partial charge >= 0.3 is 0 Å². The molecule has 1 saturated heterocycles. The molecule has 3 atom stereocenters. The van der Waals surface area contributed by atoms with E-state index in [0.717, 1.165) is 12.5 Å². The molecule has 3 unspecified atom stereocenters. The maximum Gasteiger partial charge on any atom is 0.0221 e. The van der Waals surface area contributed by atoms with Gasteiger partial charge in [-0.05, 0) is 31.7 Å². The van der Waals surface area contributed by atoms with E-state index in [4.69, 9.17) is 0 Å². The van der Waals surface area contributed by atoms with Crippen molar-refractivity contribution in [2.75, 3.05) is 19.6 Å². The summed E-state index contributed by atoms with van der Waals surface area (Å²) in [5.74, 6) is 0.768. The Balaban J connectivity index is 1.90. The highest BCUT2D eigenvalue weighted by Gasteiger charge is 2.27. The number of rotatable bonds is 5. The second-order valence-electron chi connectivity index (χ2n) is 6.48. The van der Waals surface area contributed by atoms with Crippen LogP contribution in [0.25, 0.3) is 0 Å². The molecule has 1 aliphatic heterocycles. The highest BCUT2D eigenvalue weighted by atomic mass is 15.2. The Bertz CT molecular complexity index is 416. The van der Waals surface area contributed by atoms with Gasteiger partial charge in [-0.15, -0.1) is 0 Å². The molecule has 2 rings (SSSR count). The first-order valence-electron chi connectivity index (χ1n) is 8.13. The lowest BCUT2D eigenvalue weighted by Gasteiger charge is -2.41. The minimum Gasteiger partial charge on any atom is -0.311 e. The Morgan fingerprint density at radius 1 is 1.40 bits per heavy atom. The summed E-state index contributed by atoms with van der Waals surface area (Å²) in [6, 6.07) is 10.2. The van der Waals surface area contributed by atoms with E-state index in [1.54, 1.807) is 0 Å². The Labute approximate surface area is 124 Å². The largest absolute Gasteiger partial charge is 0.311 e. The molecule has 0 amide bonds. The molecular weight excluding hydrogens is 244 g/mol. The van der Waals surface area contributed by atoms with E-state index in [9.17, 15) is 0 Å². The molecule has 112 valence electrons. The van der Waals surface area contributed by atoms with Gasteiger partial charge in [0.25, 0.3) is 0 Å². The van der Waals surface area contributed by atoms with Crippen molar-refractivity contribution in [3.05, 3.63) is 35.4 Å². The van der Waals surface area contributed by atoms with Gasteiger partial charge < -0.3 is 5.32 Å². The molecule has 0 saturated carbocycles. The van der Waals surface area contributed by atoms with Crippen molar-refractivity contribution >= 4 is 0 Å². The van der Waals surface area contributed by atoms with Gasteiger partial charge in [-0.2, -0.15) is 0 Å². The smallest absolute Gasteiger partial charge is 0.0221 e. The molecule has 1 fully saturated rings. The summed E-state index contributed by atoms with van der Waals surface area (Å²) in [6.45, 7) is 12.7. The molecule has 1 heterocycles. The maximum atomic E-state index is 3.72. The molecule has 1 N–H and O–H groups in total. The van der Waals surface area contributed by atoms with Crippen molar-refractivity contribution in [3.63, 3.8) is 0 Å². The SMILES string of the molecule is CCC(C)C1CN(CCc2cccc(C)c2)C(C)CN1. The minimum absolute atomic E-state index is 0.653. The molecule has 20 heavy (non-hydrogen) atoms. The lowest BCUT2D eigenvalue weighted by Crippen LogP contribution is -2.57. The quantitative estimate of drug-likeness (QED) is 0.886. The zero-order valence-corrected chi connectivity index (χ0v) is 13.5. The lowest BCUT2D eigenvalue weighted by molar-refractivity contribution is 0.120. The van der Waals surface area contributed by atoms with E-state index in [-0.39, 0.29) is 0 Å². The van der Waals surface area contributed by atoms with Crippen LogP contribution >= 0.6 is 0 Å². The van der Waals surface area contributed by atoms with Gasteiger partial charge in [-0.3, -0.25) is 4.90 Å².